The summed E-state index contributed by atoms with van der Waals surface area (Å²) in [5.41, 5.74) is 0.968. The van der Waals surface area contributed by atoms with Gasteiger partial charge in [0.05, 0.1) is 17.2 Å². The summed E-state index contributed by atoms with van der Waals surface area (Å²) in [7, 11) is 0. The Hall–Kier alpha value is -2.70. The standard InChI is InChI=1S/C35H43NO5/c1-23-26-18-28-34-15-9-14-33(2,21-36(22-34)16-17-40-31(38)24-10-5-3-6-11-24)27(34)19-29(35(28,20-26)30(23)37)41-32(39)25-12-7-4-8-13-25/h3-8,10-13,23,26-30,37H,9,14-22H2,1-2H3/t23-,26-,27-,28-,29-,30+,33-,34-,35+/m0/s1. The highest BCUT2D eigenvalue weighted by Crippen LogP contribution is 2.76. The second kappa shape index (κ2) is 9.95. The van der Waals surface area contributed by atoms with Gasteiger partial charge in [-0.15, -0.1) is 0 Å². The molecule has 1 heterocycles. The number of hydrogen-bond acceptors (Lipinski definition) is 6. The number of esters is 2. The molecule has 9 atom stereocenters. The quantitative estimate of drug-likeness (QED) is 0.466. The minimum absolute atomic E-state index is 0.0835. The zero-order valence-corrected chi connectivity index (χ0v) is 24.3. The van der Waals surface area contributed by atoms with Crippen molar-refractivity contribution >= 4 is 11.9 Å². The molecule has 7 rings (SSSR count). The lowest BCUT2D eigenvalue weighted by Crippen LogP contribution is -2.71. The van der Waals surface area contributed by atoms with E-state index in [4.69, 9.17) is 9.47 Å². The van der Waals surface area contributed by atoms with Crippen LogP contribution in [-0.4, -0.2) is 60.4 Å². The number of aliphatic hydroxyl groups excluding tert-OH is 1. The third kappa shape index (κ3) is 4.11. The van der Waals surface area contributed by atoms with Crippen LogP contribution in [0.4, 0.5) is 0 Å². The van der Waals surface area contributed by atoms with Crippen LogP contribution in [0.25, 0.3) is 0 Å². The van der Waals surface area contributed by atoms with Crippen molar-refractivity contribution < 1.29 is 24.2 Å². The van der Waals surface area contributed by atoms with E-state index in [1.807, 2.05) is 48.5 Å². The molecule has 0 amide bonds. The van der Waals surface area contributed by atoms with Gasteiger partial charge < -0.3 is 14.6 Å². The Morgan fingerprint density at radius 2 is 1.61 bits per heavy atom. The third-order valence-corrected chi connectivity index (χ3v) is 12.3. The molecule has 41 heavy (non-hydrogen) atoms. The molecule has 2 aromatic carbocycles. The molecule has 5 aliphatic rings. The molecule has 0 unspecified atom stereocenters. The molecule has 4 bridgehead atoms. The number of hydrogen-bond donors (Lipinski definition) is 1. The number of nitrogens with zero attached hydrogens (tertiary/aromatic N) is 1. The van der Waals surface area contributed by atoms with E-state index in [-0.39, 0.29) is 40.2 Å². The molecule has 2 aromatic rings. The first-order chi connectivity index (χ1) is 19.8. The molecule has 1 N–H and O–H groups in total. The van der Waals surface area contributed by atoms with Crippen LogP contribution in [0, 0.1) is 39.9 Å². The van der Waals surface area contributed by atoms with Crippen LogP contribution in [0.1, 0.15) is 73.1 Å². The lowest BCUT2D eigenvalue weighted by Gasteiger charge is -2.70. The van der Waals surface area contributed by atoms with Gasteiger partial charge in [0.2, 0.25) is 0 Å². The molecule has 6 nitrogen and oxygen atoms in total. The van der Waals surface area contributed by atoms with Crippen LogP contribution >= 0.6 is 0 Å². The first-order valence-electron chi connectivity index (χ1n) is 15.7. The zero-order chi connectivity index (χ0) is 28.4. The molecule has 1 spiro atoms. The van der Waals surface area contributed by atoms with Crippen molar-refractivity contribution in [2.75, 3.05) is 26.2 Å². The van der Waals surface area contributed by atoms with Gasteiger partial charge in [-0.3, -0.25) is 4.90 Å². The molecule has 4 aliphatic carbocycles. The Balaban J connectivity index is 1.16. The summed E-state index contributed by atoms with van der Waals surface area (Å²) in [6.07, 6.45) is 5.70. The fourth-order valence-corrected chi connectivity index (χ4v) is 10.7. The maximum atomic E-state index is 13.4. The van der Waals surface area contributed by atoms with Crippen molar-refractivity contribution in [3.05, 3.63) is 71.8 Å². The fraction of sp³-hybridized carbons (Fsp3) is 0.600. The monoisotopic (exact) mass is 557 g/mol. The van der Waals surface area contributed by atoms with Crippen LogP contribution in [0.2, 0.25) is 0 Å². The number of rotatable bonds is 6. The van der Waals surface area contributed by atoms with Gasteiger partial charge in [0.1, 0.15) is 12.7 Å². The van der Waals surface area contributed by atoms with Crippen LogP contribution in [0.5, 0.6) is 0 Å². The summed E-state index contributed by atoms with van der Waals surface area (Å²) >= 11 is 0. The molecule has 0 aromatic heterocycles. The number of fused-ring (bicyclic) bond motifs is 1. The molecule has 218 valence electrons. The van der Waals surface area contributed by atoms with E-state index in [1.165, 1.54) is 6.42 Å². The Morgan fingerprint density at radius 1 is 0.927 bits per heavy atom. The second-order valence-electron chi connectivity index (χ2n) is 14.2. The number of ether oxygens (including phenoxy) is 2. The number of aliphatic hydroxyl groups is 1. The van der Waals surface area contributed by atoms with Crippen molar-refractivity contribution in [2.45, 2.75) is 64.6 Å². The van der Waals surface area contributed by atoms with Crippen molar-refractivity contribution in [2.24, 2.45) is 39.9 Å². The Bertz CT molecular complexity index is 1300. The largest absolute Gasteiger partial charge is 0.461 e. The average Bonchev–Trinajstić information content (AvgIpc) is 3.50. The number of piperidine rings is 1. The highest BCUT2D eigenvalue weighted by atomic mass is 16.5. The van der Waals surface area contributed by atoms with Crippen molar-refractivity contribution in [1.82, 2.24) is 4.90 Å². The summed E-state index contributed by atoms with van der Waals surface area (Å²) in [6.45, 7) is 7.66. The first-order valence-corrected chi connectivity index (χ1v) is 15.7. The third-order valence-electron chi connectivity index (χ3n) is 12.3. The fourth-order valence-electron chi connectivity index (χ4n) is 10.7. The molecule has 6 heteroatoms. The SMILES string of the molecule is C[C@H]1[C@H]2C[C@H]3[C@@]45CCC[C@@](C)(CN(CCOC(=O)c6ccccc6)C4)[C@@H]5C[C@H](OC(=O)c4ccccc4)[C@]3(C2)[C@@H]1O. The van der Waals surface area contributed by atoms with Crippen LogP contribution in [0.3, 0.4) is 0 Å². The Labute approximate surface area is 243 Å². The zero-order valence-electron chi connectivity index (χ0n) is 24.3. The van der Waals surface area contributed by atoms with Crippen LogP contribution < -0.4 is 0 Å². The van der Waals surface area contributed by atoms with Gasteiger partial charge in [-0.05, 0) is 90.9 Å². The minimum Gasteiger partial charge on any atom is -0.461 e. The highest BCUT2D eigenvalue weighted by molar-refractivity contribution is 5.89. The van der Waals surface area contributed by atoms with Crippen molar-refractivity contribution in [3.63, 3.8) is 0 Å². The second-order valence-corrected chi connectivity index (χ2v) is 14.2. The lowest BCUT2D eigenvalue weighted by atomic mass is 9.39. The maximum Gasteiger partial charge on any atom is 0.338 e. The number of carbonyl (C=O) groups excluding carboxylic acids is 2. The van der Waals surface area contributed by atoms with Gasteiger partial charge in [-0.1, -0.05) is 56.7 Å². The summed E-state index contributed by atoms with van der Waals surface area (Å²) in [5, 5.41) is 11.9. The summed E-state index contributed by atoms with van der Waals surface area (Å²) in [4.78, 5) is 28.6. The summed E-state index contributed by atoms with van der Waals surface area (Å²) < 4.78 is 12.2. The molecule has 1 aliphatic heterocycles. The van der Waals surface area contributed by atoms with E-state index in [0.717, 1.165) is 51.7 Å². The summed E-state index contributed by atoms with van der Waals surface area (Å²) in [6, 6.07) is 18.5. The topological polar surface area (TPSA) is 76.1 Å². The molecular formula is C35H43NO5. The lowest BCUT2D eigenvalue weighted by molar-refractivity contribution is -0.249. The maximum absolute atomic E-state index is 13.4. The predicted octanol–water partition coefficient (Wildman–Crippen LogP) is 5.60. The van der Waals surface area contributed by atoms with Gasteiger partial charge in [0, 0.05) is 25.0 Å². The van der Waals surface area contributed by atoms with E-state index in [1.54, 1.807) is 12.1 Å². The average molecular weight is 558 g/mol. The van der Waals surface area contributed by atoms with Gasteiger partial charge in [-0.2, -0.15) is 0 Å². The minimum atomic E-state index is -0.453. The van der Waals surface area contributed by atoms with Gasteiger partial charge in [0.15, 0.2) is 0 Å². The Morgan fingerprint density at radius 3 is 2.29 bits per heavy atom. The number of carbonyl (C=O) groups is 2. The van der Waals surface area contributed by atoms with Gasteiger partial charge in [-0.25, -0.2) is 9.59 Å². The predicted molar refractivity (Wildman–Crippen MR) is 155 cm³/mol. The molecule has 0 radical (unpaired) electrons. The van der Waals surface area contributed by atoms with E-state index < -0.39 is 6.10 Å². The number of likely N-dealkylation sites (tertiary alicyclic amines) is 1. The van der Waals surface area contributed by atoms with Crippen molar-refractivity contribution in [1.29, 1.82) is 0 Å². The van der Waals surface area contributed by atoms with E-state index in [9.17, 15) is 14.7 Å². The smallest absolute Gasteiger partial charge is 0.338 e. The molecule has 4 saturated carbocycles. The van der Waals surface area contributed by atoms with Gasteiger partial charge >= 0.3 is 11.9 Å². The van der Waals surface area contributed by atoms with E-state index in [0.29, 0.717) is 35.5 Å². The first kappa shape index (κ1) is 27.2. The normalized spacial score (nSPS) is 40.9. The van der Waals surface area contributed by atoms with Crippen LogP contribution in [0.15, 0.2) is 60.7 Å². The molecule has 5 fully saturated rings. The number of benzene rings is 2. The summed E-state index contributed by atoms with van der Waals surface area (Å²) in [5.74, 6) is 0.934. The van der Waals surface area contributed by atoms with Crippen LogP contribution in [-0.2, 0) is 9.47 Å². The van der Waals surface area contributed by atoms with Gasteiger partial charge in [0.25, 0.3) is 0 Å². The highest BCUT2D eigenvalue weighted by Gasteiger charge is 2.76. The van der Waals surface area contributed by atoms with Crippen molar-refractivity contribution in [3.8, 4) is 0 Å². The van der Waals surface area contributed by atoms with E-state index in [2.05, 4.69) is 18.7 Å². The molecule has 1 saturated heterocycles. The molecular weight excluding hydrogens is 514 g/mol. The van der Waals surface area contributed by atoms with E-state index >= 15 is 0 Å². The Kier molecular flexibility index (Phi) is 6.59.